The third kappa shape index (κ3) is 3.66. The highest BCUT2D eigenvalue weighted by atomic mass is 19.4. The van der Waals surface area contributed by atoms with Gasteiger partial charge in [0.05, 0.1) is 11.1 Å². The molecule has 0 bridgehead atoms. The second-order valence-corrected chi connectivity index (χ2v) is 6.65. The summed E-state index contributed by atoms with van der Waals surface area (Å²) in [4.78, 5) is 13.9. The van der Waals surface area contributed by atoms with Crippen LogP contribution in [0.1, 0.15) is 36.8 Å². The molecule has 0 radical (unpaired) electrons. The van der Waals surface area contributed by atoms with Gasteiger partial charge in [0.25, 0.3) is 0 Å². The molecule has 1 aliphatic heterocycles. The van der Waals surface area contributed by atoms with Crippen molar-refractivity contribution in [3.05, 3.63) is 39.7 Å². The van der Waals surface area contributed by atoms with Gasteiger partial charge in [-0.25, -0.2) is 0 Å². The molecule has 0 unspecified atom stereocenters. The number of rotatable bonds is 2. The number of nitrogens with one attached hydrogen (secondary N) is 2. The predicted molar refractivity (Wildman–Crippen MR) is 85.3 cm³/mol. The van der Waals surface area contributed by atoms with Crippen LogP contribution < -0.4 is 10.9 Å². The average Bonchev–Trinajstić information content (AvgIpc) is 2.49. The number of benzene rings is 1. The van der Waals surface area contributed by atoms with Gasteiger partial charge < -0.3 is 10.3 Å². The Morgan fingerprint density at radius 1 is 1.12 bits per heavy atom. The van der Waals surface area contributed by atoms with Crippen LogP contribution in [0.3, 0.4) is 0 Å². The molecule has 0 saturated heterocycles. The standard InChI is InChI=1S/C17H16F6N2O/c1-8-7-24-13-6-14-11(12(17(21,22)23)5-15(26)25-14)4-10(13)9(8)2-3-16(18,19)20/h4-6,8-9,24H,2-3,7H2,1H3,(H,25,26)/t8-,9-/m0/s1. The fraction of sp³-hybridized carbons (Fsp3) is 0.471. The van der Waals surface area contributed by atoms with E-state index in [9.17, 15) is 31.1 Å². The van der Waals surface area contributed by atoms with Crippen molar-refractivity contribution in [2.24, 2.45) is 5.92 Å². The lowest BCUT2D eigenvalue weighted by Crippen LogP contribution is -2.27. The van der Waals surface area contributed by atoms with Gasteiger partial charge in [-0.2, -0.15) is 26.3 Å². The zero-order valence-corrected chi connectivity index (χ0v) is 13.7. The third-order valence-corrected chi connectivity index (χ3v) is 4.76. The Morgan fingerprint density at radius 3 is 2.42 bits per heavy atom. The summed E-state index contributed by atoms with van der Waals surface area (Å²) in [6.07, 6.45) is -10.3. The molecule has 0 amide bonds. The minimum Gasteiger partial charge on any atom is -0.384 e. The number of hydrogen-bond acceptors (Lipinski definition) is 2. The van der Waals surface area contributed by atoms with E-state index < -0.39 is 35.8 Å². The smallest absolute Gasteiger partial charge is 0.384 e. The summed E-state index contributed by atoms with van der Waals surface area (Å²) in [7, 11) is 0. The maximum atomic E-state index is 13.3. The molecule has 1 aromatic carbocycles. The minimum absolute atomic E-state index is 0.000185. The van der Waals surface area contributed by atoms with E-state index in [0.29, 0.717) is 23.9 Å². The van der Waals surface area contributed by atoms with Gasteiger partial charge in [-0.1, -0.05) is 6.92 Å². The molecule has 9 heteroatoms. The van der Waals surface area contributed by atoms with Crippen LogP contribution in [0, 0.1) is 5.92 Å². The maximum Gasteiger partial charge on any atom is 0.417 e. The molecule has 3 nitrogen and oxygen atoms in total. The molecule has 0 aliphatic carbocycles. The molecule has 0 saturated carbocycles. The first kappa shape index (κ1) is 18.6. The normalized spacial score (nSPS) is 20.7. The number of H-pyrrole nitrogens is 1. The number of alkyl halides is 6. The van der Waals surface area contributed by atoms with E-state index in [0.717, 1.165) is 0 Å². The summed E-state index contributed by atoms with van der Waals surface area (Å²) in [5.41, 5.74) is -1.11. The number of halogens is 6. The van der Waals surface area contributed by atoms with Crippen molar-refractivity contribution in [1.82, 2.24) is 4.98 Å². The summed E-state index contributed by atoms with van der Waals surface area (Å²) in [5.74, 6) is -0.690. The molecule has 2 heterocycles. The highest BCUT2D eigenvalue weighted by molar-refractivity contribution is 5.87. The quantitative estimate of drug-likeness (QED) is 0.720. The van der Waals surface area contributed by atoms with Crippen LogP contribution >= 0.6 is 0 Å². The lowest BCUT2D eigenvalue weighted by molar-refractivity contribution is -0.137. The van der Waals surface area contributed by atoms with E-state index in [1.165, 1.54) is 12.1 Å². The molecule has 0 spiro atoms. The van der Waals surface area contributed by atoms with Crippen LogP contribution in [-0.2, 0) is 6.18 Å². The molecule has 142 valence electrons. The van der Waals surface area contributed by atoms with Crippen LogP contribution in [0.4, 0.5) is 32.0 Å². The number of hydrogen-bond donors (Lipinski definition) is 2. The molecular formula is C17H16F6N2O. The Labute approximate surface area is 144 Å². The third-order valence-electron chi connectivity index (χ3n) is 4.76. The maximum absolute atomic E-state index is 13.3. The lowest BCUT2D eigenvalue weighted by atomic mass is 9.79. The Bertz CT molecular complexity index is 884. The SMILES string of the molecule is C[C@H]1CNc2cc3[nH]c(=O)cc(C(F)(F)F)c3cc2[C@H]1CCC(F)(F)F. The van der Waals surface area contributed by atoms with Gasteiger partial charge >= 0.3 is 12.4 Å². The van der Waals surface area contributed by atoms with Crippen molar-refractivity contribution in [3.8, 4) is 0 Å². The second kappa shape index (κ2) is 6.21. The first-order valence-electron chi connectivity index (χ1n) is 8.04. The molecule has 2 aromatic rings. The van der Waals surface area contributed by atoms with Crippen LogP contribution in [0.25, 0.3) is 10.9 Å². The molecule has 26 heavy (non-hydrogen) atoms. The van der Waals surface area contributed by atoms with E-state index >= 15 is 0 Å². The van der Waals surface area contributed by atoms with Crippen LogP contribution in [0.15, 0.2) is 23.0 Å². The average molecular weight is 378 g/mol. The number of fused-ring (bicyclic) bond motifs is 2. The number of anilines is 1. The zero-order valence-electron chi connectivity index (χ0n) is 13.7. The van der Waals surface area contributed by atoms with Crippen molar-refractivity contribution >= 4 is 16.6 Å². The van der Waals surface area contributed by atoms with E-state index in [1.807, 2.05) is 0 Å². The molecule has 0 fully saturated rings. The Kier molecular flexibility index (Phi) is 4.44. The van der Waals surface area contributed by atoms with Crippen molar-refractivity contribution in [3.63, 3.8) is 0 Å². The topological polar surface area (TPSA) is 44.9 Å². The second-order valence-electron chi connectivity index (χ2n) is 6.65. The summed E-state index contributed by atoms with van der Waals surface area (Å²) < 4.78 is 77.8. The van der Waals surface area contributed by atoms with E-state index in [4.69, 9.17) is 0 Å². The van der Waals surface area contributed by atoms with Crippen LogP contribution in [-0.4, -0.2) is 17.7 Å². The predicted octanol–water partition coefficient (Wildman–Crippen LogP) is 5.03. The van der Waals surface area contributed by atoms with Gasteiger partial charge in [-0.3, -0.25) is 4.79 Å². The Morgan fingerprint density at radius 2 is 1.81 bits per heavy atom. The van der Waals surface area contributed by atoms with Crippen molar-refractivity contribution in [2.45, 2.75) is 38.0 Å². The van der Waals surface area contributed by atoms with Crippen molar-refractivity contribution < 1.29 is 26.3 Å². The van der Waals surface area contributed by atoms with Gasteiger partial charge in [0.15, 0.2) is 0 Å². The van der Waals surface area contributed by atoms with Gasteiger partial charge in [0.2, 0.25) is 5.56 Å². The number of aromatic amines is 1. The van der Waals surface area contributed by atoms with Gasteiger partial charge in [0.1, 0.15) is 0 Å². The fourth-order valence-electron chi connectivity index (χ4n) is 3.49. The minimum atomic E-state index is -4.74. The fourth-order valence-corrected chi connectivity index (χ4v) is 3.49. The largest absolute Gasteiger partial charge is 0.417 e. The number of aromatic nitrogens is 1. The number of pyridine rings is 1. The van der Waals surface area contributed by atoms with Gasteiger partial charge in [-0.05, 0) is 36.0 Å². The summed E-state index contributed by atoms with van der Waals surface area (Å²) in [6, 6.07) is 3.10. The molecule has 2 N–H and O–H groups in total. The Balaban J connectivity index is 2.15. The monoisotopic (exact) mass is 378 g/mol. The Hall–Kier alpha value is -2.19. The van der Waals surface area contributed by atoms with E-state index in [2.05, 4.69) is 10.3 Å². The van der Waals surface area contributed by atoms with Crippen LogP contribution in [0.2, 0.25) is 0 Å². The van der Waals surface area contributed by atoms with Gasteiger partial charge in [-0.15, -0.1) is 0 Å². The summed E-state index contributed by atoms with van der Waals surface area (Å²) in [6.45, 7) is 2.17. The highest BCUT2D eigenvalue weighted by Gasteiger charge is 2.36. The zero-order chi connectivity index (χ0) is 19.3. The van der Waals surface area contributed by atoms with E-state index in [-0.39, 0.29) is 23.2 Å². The summed E-state index contributed by atoms with van der Waals surface area (Å²) >= 11 is 0. The molecule has 3 rings (SSSR count). The van der Waals surface area contributed by atoms with Crippen molar-refractivity contribution in [1.29, 1.82) is 0 Å². The van der Waals surface area contributed by atoms with Gasteiger partial charge in [0, 0.05) is 30.1 Å². The van der Waals surface area contributed by atoms with Crippen LogP contribution in [0.5, 0.6) is 0 Å². The summed E-state index contributed by atoms with van der Waals surface area (Å²) in [5, 5.41) is 2.81. The molecular weight excluding hydrogens is 362 g/mol. The van der Waals surface area contributed by atoms with E-state index in [1.54, 1.807) is 6.92 Å². The first-order chi connectivity index (χ1) is 12.0. The lowest BCUT2D eigenvalue weighted by Gasteiger charge is -2.33. The molecule has 2 atom stereocenters. The first-order valence-corrected chi connectivity index (χ1v) is 8.04. The molecule has 1 aliphatic rings. The molecule has 1 aromatic heterocycles. The van der Waals surface area contributed by atoms with Crippen molar-refractivity contribution in [2.75, 3.05) is 11.9 Å². The highest BCUT2D eigenvalue weighted by Crippen LogP contribution is 2.43.